The molecule has 21 heavy (non-hydrogen) atoms. The lowest BCUT2D eigenvalue weighted by molar-refractivity contribution is -0.136. The van der Waals surface area contributed by atoms with E-state index in [1.165, 1.54) is 0 Å². The third-order valence-corrected chi connectivity index (χ3v) is 3.19. The second kappa shape index (κ2) is 5.63. The maximum atomic E-state index is 11.8. The number of rotatable bonds is 2. The molecule has 2 aliphatic heterocycles. The first-order valence-electron chi connectivity index (χ1n) is 6.59. The molecule has 0 saturated carbocycles. The van der Waals surface area contributed by atoms with Crippen LogP contribution in [0.3, 0.4) is 0 Å². The molecule has 0 amide bonds. The molecular formula is C17H14N2O2. The minimum Gasteiger partial charge on any atom is -0.357 e. The van der Waals surface area contributed by atoms with E-state index >= 15 is 0 Å². The molecule has 0 spiro atoms. The summed E-state index contributed by atoms with van der Waals surface area (Å²) in [5, 5.41) is 3.87. The van der Waals surface area contributed by atoms with Gasteiger partial charge in [0.1, 0.15) is 5.71 Å². The smallest absolute Gasteiger partial charge is 0.357 e. The van der Waals surface area contributed by atoms with E-state index in [4.69, 9.17) is 4.84 Å². The van der Waals surface area contributed by atoms with Crippen LogP contribution in [0.2, 0.25) is 0 Å². The first kappa shape index (κ1) is 13.1. The Kier molecular flexibility index (Phi) is 3.51. The average Bonchev–Trinajstić information content (AvgIpc) is 2.89. The molecule has 1 aromatic carbocycles. The van der Waals surface area contributed by atoms with Crippen molar-refractivity contribution >= 4 is 11.7 Å². The van der Waals surface area contributed by atoms with Crippen molar-refractivity contribution < 1.29 is 9.63 Å². The summed E-state index contributed by atoms with van der Waals surface area (Å²) in [6, 6.07) is 9.52. The first-order valence-corrected chi connectivity index (χ1v) is 6.59. The van der Waals surface area contributed by atoms with E-state index in [-0.39, 0.29) is 0 Å². The van der Waals surface area contributed by atoms with E-state index in [1.807, 2.05) is 72.9 Å². The highest BCUT2D eigenvalue weighted by Gasteiger charge is 2.25. The summed E-state index contributed by atoms with van der Waals surface area (Å²) in [7, 11) is 1.96. The summed E-state index contributed by atoms with van der Waals surface area (Å²) in [5.74, 6) is -0.424. The van der Waals surface area contributed by atoms with Gasteiger partial charge in [-0.05, 0) is 23.8 Å². The van der Waals surface area contributed by atoms with Gasteiger partial charge in [0.2, 0.25) is 0 Å². The van der Waals surface area contributed by atoms with Crippen LogP contribution in [0, 0.1) is 0 Å². The fraction of sp³-hybridized carbons (Fsp3) is 0.0588. The average molecular weight is 278 g/mol. The quantitative estimate of drug-likeness (QED) is 0.617. The Morgan fingerprint density at radius 3 is 2.52 bits per heavy atom. The SMILES string of the molecule is CN1C=CC(=CC=C2C(=O)ON=C2c2ccccc2)C=C1. The van der Waals surface area contributed by atoms with Crippen molar-refractivity contribution in [3.8, 4) is 0 Å². The second-order valence-electron chi connectivity index (χ2n) is 4.73. The van der Waals surface area contributed by atoms with Gasteiger partial charge in [-0.25, -0.2) is 4.79 Å². The molecule has 4 heteroatoms. The first-order chi connectivity index (χ1) is 10.2. The molecule has 0 fully saturated rings. The maximum Gasteiger partial charge on any atom is 0.368 e. The molecule has 0 bridgehead atoms. The van der Waals surface area contributed by atoms with Crippen LogP contribution in [-0.2, 0) is 9.63 Å². The van der Waals surface area contributed by atoms with Gasteiger partial charge in [0.25, 0.3) is 0 Å². The van der Waals surface area contributed by atoms with E-state index in [1.54, 1.807) is 6.08 Å². The van der Waals surface area contributed by atoms with Crippen LogP contribution in [0.25, 0.3) is 0 Å². The zero-order chi connectivity index (χ0) is 14.7. The van der Waals surface area contributed by atoms with E-state index in [0.717, 1.165) is 11.1 Å². The molecule has 4 nitrogen and oxygen atoms in total. The van der Waals surface area contributed by atoms with E-state index < -0.39 is 5.97 Å². The maximum absolute atomic E-state index is 11.8. The van der Waals surface area contributed by atoms with Crippen LogP contribution in [-0.4, -0.2) is 23.6 Å². The van der Waals surface area contributed by atoms with Crippen molar-refractivity contribution in [1.82, 2.24) is 4.90 Å². The van der Waals surface area contributed by atoms with Crippen molar-refractivity contribution in [2.75, 3.05) is 7.05 Å². The van der Waals surface area contributed by atoms with Gasteiger partial charge >= 0.3 is 5.97 Å². The lowest BCUT2D eigenvalue weighted by Crippen LogP contribution is -2.06. The standard InChI is InChI=1S/C17H14N2O2/c1-19-11-9-13(10-12-19)7-8-15-16(18-21-17(15)20)14-5-3-2-4-6-14/h2-12H,1H3. The molecule has 104 valence electrons. The monoisotopic (exact) mass is 278 g/mol. The van der Waals surface area contributed by atoms with Crippen LogP contribution < -0.4 is 0 Å². The summed E-state index contributed by atoms with van der Waals surface area (Å²) >= 11 is 0. The number of carbonyl (C=O) groups is 1. The van der Waals surface area contributed by atoms with Crippen LogP contribution >= 0.6 is 0 Å². The summed E-state index contributed by atoms with van der Waals surface area (Å²) in [6.45, 7) is 0. The van der Waals surface area contributed by atoms with Crippen molar-refractivity contribution in [3.63, 3.8) is 0 Å². The van der Waals surface area contributed by atoms with Crippen LogP contribution in [0.1, 0.15) is 5.56 Å². The van der Waals surface area contributed by atoms with Crippen molar-refractivity contribution in [2.45, 2.75) is 0 Å². The minimum atomic E-state index is -0.424. The highest BCUT2D eigenvalue weighted by atomic mass is 16.7. The fourth-order valence-corrected chi connectivity index (χ4v) is 2.04. The molecule has 2 aliphatic rings. The Labute approximate surface area is 123 Å². The summed E-state index contributed by atoms with van der Waals surface area (Å²) < 4.78 is 0. The Hall–Kier alpha value is -2.88. The molecule has 1 aromatic rings. The topological polar surface area (TPSA) is 41.9 Å². The Bertz CT molecular complexity index is 694. The third kappa shape index (κ3) is 2.84. The van der Waals surface area contributed by atoms with Gasteiger partial charge < -0.3 is 9.74 Å². The summed E-state index contributed by atoms with van der Waals surface area (Å²) in [5.41, 5.74) is 2.91. The van der Waals surface area contributed by atoms with Crippen molar-refractivity contribution in [1.29, 1.82) is 0 Å². The molecule has 3 rings (SSSR count). The van der Waals surface area contributed by atoms with Gasteiger partial charge in [-0.15, -0.1) is 0 Å². The number of oxime groups is 1. The van der Waals surface area contributed by atoms with Crippen LogP contribution in [0.5, 0.6) is 0 Å². The molecule has 2 heterocycles. The number of carbonyl (C=O) groups excluding carboxylic acids is 1. The van der Waals surface area contributed by atoms with Gasteiger partial charge in [0, 0.05) is 25.0 Å². The molecule has 0 atom stereocenters. The summed E-state index contributed by atoms with van der Waals surface area (Å²) in [4.78, 5) is 18.6. The second-order valence-corrected chi connectivity index (χ2v) is 4.73. The lowest BCUT2D eigenvalue weighted by Gasteiger charge is -2.11. The Morgan fingerprint density at radius 1 is 1.10 bits per heavy atom. The zero-order valence-corrected chi connectivity index (χ0v) is 11.6. The molecule has 0 N–H and O–H groups in total. The number of nitrogens with zero attached hydrogens (tertiary/aromatic N) is 2. The molecule has 0 unspecified atom stereocenters. The van der Waals surface area contributed by atoms with Gasteiger partial charge in [-0.3, -0.25) is 0 Å². The van der Waals surface area contributed by atoms with Crippen molar-refractivity contribution in [2.24, 2.45) is 5.16 Å². The minimum absolute atomic E-state index is 0.424. The fourth-order valence-electron chi connectivity index (χ4n) is 2.04. The molecule has 0 aromatic heterocycles. The van der Waals surface area contributed by atoms with E-state index in [9.17, 15) is 4.79 Å². The predicted molar refractivity (Wildman–Crippen MR) is 81.3 cm³/mol. The van der Waals surface area contributed by atoms with Gasteiger partial charge in [-0.1, -0.05) is 41.6 Å². The molecular weight excluding hydrogens is 264 g/mol. The highest BCUT2D eigenvalue weighted by Crippen LogP contribution is 2.18. The normalized spacial score (nSPS) is 19.0. The predicted octanol–water partition coefficient (Wildman–Crippen LogP) is 2.77. The molecule has 0 saturated heterocycles. The van der Waals surface area contributed by atoms with Crippen LogP contribution in [0.15, 0.2) is 83.3 Å². The number of allylic oxidation sites excluding steroid dienone is 5. The third-order valence-electron chi connectivity index (χ3n) is 3.19. The number of hydrogen-bond acceptors (Lipinski definition) is 4. The van der Waals surface area contributed by atoms with Crippen LogP contribution in [0.4, 0.5) is 0 Å². The zero-order valence-electron chi connectivity index (χ0n) is 11.6. The van der Waals surface area contributed by atoms with Gasteiger partial charge in [0.05, 0.1) is 5.57 Å². The highest BCUT2D eigenvalue weighted by molar-refractivity contribution is 6.28. The summed E-state index contributed by atoms with van der Waals surface area (Å²) in [6.07, 6.45) is 11.5. The molecule has 0 aliphatic carbocycles. The van der Waals surface area contributed by atoms with E-state index in [0.29, 0.717) is 11.3 Å². The number of benzene rings is 1. The number of hydrogen-bond donors (Lipinski definition) is 0. The van der Waals surface area contributed by atoms with E-state index in [2.05, 4.69) is 5.16 Å². The van der Waals surface area contributed by atoms with Gasteiger partial charge in [0.15, 0.2) is 0 Å². The molecule has 0 radical (unpaired) electrons. The lowest BCUT2D eigenvalue weighted by atomic mass is 10.0. The largest absolute Gasteiger partial charge is 0.368 e. The van der Waals surface area contributed by atoms with Gasteiger partial charge in [-0.2, -0.15) is 0 Å². The van der Waals surface area contributed by atoms with Crippen molar-refractivity contribution in [3.05, 3.63) is 83.7 Å². The Balaban J connectivity index is 1.90. The Morgan fingerprint density at radius 2 is 1.81 bits per heavy atom.